The molecule has 0 radical (unpaired) electrons. The molecule has 1 atom stereocenters. The summed E-state index contributed by atoms with van der Waals surface area (Å²) in [4.78, 5) is 26.9. The molecule has 0 aliphatic heterocycles. The van der Waals surface area contributed by atoms with Crippen LogP contribution in [0.3, 0.4) is 0 Å². The first-order chi connectivity index (χ1) is 12.0. The molecule has 1 aliphatic carbocycles. The number of rotatable bonds is 5. The quantitative estimate of drug-likeness (QED) is 0.851. The van der Waals surface area contributed by atoms with Crippen LogP contribution in [0.2, 0.25) is 0 Å². The molecule has 0 unspecified atom stereocenters. The van der Waals surface area contributed by atoms with Gasteiger partial charge in [-0.15, -0.1) is 0 Å². The molecular formula is C18H24N6O. The van der Waals surface area contributed by atoms with Gasteiger partial charge >= 0.3 is 0 Å². The van der Waals surface area contributed by atoms with Crippen LogP contribution in [0.1, 0.15) is 35.7 Å². The summed E-state index contributed by atoms with van der Waals surface area (Å²) in [7, 11) is 3.70. The van der Waals surface area contributed by atoms with E-state index in [4.69, 9.17) is 5.73 Å². The van der Waals surface area contributed by atoms with E-state index in [-0.39, 0.29) is 17.8 Å². The van der Waals surface area contributed by atoms with Crippen LogP contribution in [-0.2, 0) is 17.6 Å². The molecule has 3 rings (SSSR count). The maximum absolute atomic E-state index is 12.6. The van der Waals surface area contributed by atoms with E-state index in [2.05, 4.69) is 32.4 Å². The third-order valence-corrected chi connectivity index (χ3v) is 4.42. The van der Waals surface area contributed by atoms with E-state index in [0.717, 1.165) is 24.8 Å². The van der Waals surface area contributed by atoms with Crippen molar-refractivity contribution in [3.63, 3.8) is 0 Å². The first-order valence-electron chi connectivity index (χ1n) is 8.58. The van der Waals surface area contributed by atoms with E-state index in [9.17, 15) is 4.79 Å². The number of aromatic nitrogens is 3. The second-order valence-corrected chi connectivity index (χ2v) is 6.49. The van der Waals surface area contributed by atoms with Crippen molar-refractivity contribution in [1.29, 1.82) is 0 Å². The molecular weight excluding hydrogens is 316 g/mol. The van der Waals surface area contributed by atoms with Gasteiger partial charge in [0.1, 0.15) is 5.82 Å². The second kappa shape index (κ2) is 7.46. The highest BCUT2D eigenvalue weighted by molar-refractivity contribution is 5.84. The third kappa shape index (κ3) is 4.04. The van der Waals surface area contributed by atoms with Crippen LogP contribution >= 0.6 is 0 Å². The van der Waals surface area contributed by atoms with Gasteiger partial charge in [0.05, 0.1) is 5.92 Å². The topological polar surface area (TPSA) is 97.0 Å². The summed E-state index contributed by atoms with van der Waals surface area (Å²) >= 11 is 0. The maximum Gasteiger partial charge on any atom is 0.229 e. The highest BCUT2D eigenvalue weighted by atomic mass is 16.1. The SMILES string of the molecule is CN(C)c1nc(N)nc(CCNC(=O)[C@@H]2CCCc3ccccc32)n1. The predicted molar refractivity (Wildman–Crippen MR) is 97.4 cm³/mol. The van der Waals surface area contributed by atoms with Crippen molar-refractivity contribution >= 4 is 17.8 Å². The lowest BCUT2D eigenvalue weighted by Crippen LogP contribution is -2.33. The number of nitrogens with zero attached hydrogens (tertiary/aromatic N) is 4. The maximum atomic E-state index is 12.6. The molecule has 7 heteroatoms. The molecule has 25 heavy (non-hydrogen) atoms. The number of aryl methyl sites for hydroxylation is 1. The molecule has 0 saturated heterocycles. The summed E-state index contributed by atoms with van der Waals surface area (Å²) < 4.78 is 0. The Kier molecular flexibility index (Phi) is 5.11. The lowest BCUT2D eigenvalue weighted by molar-refractivity contribution is -0.122. The Labute approximate surface area is 147 Å². The Morgan fingerprint density at radius 1 is 1.28 bits per heavy atom. The van der Waals surface area contributed by atoms with Gasteiger partial charge in [0.2, 0.25) is 17.8 Å². The van der Waals surface area contributed by atoms with E-state index in [1.807, 2.05) is 26.2 Å². The zero-order valence-electron chi connectivity index (χ0n) is 14.7. The number of benzene rings is 1. The van der Waals surface area contributed by atoms with Crippen LogP contribution in [0.15, 0.2) is 24.3 Å². The Bertz CT molecular complexity index is 761. The fourth-order valence-corrected chi connectivity index (χ4v) is 3.18. The average Bonchev–Trinajstić information content (AvgIpc) is 2.60. The Hall–Kier alpha value is -2.70. The van der Waals surface area contributed by atoms with Crippen LogP contribution in [0.25, 0.3) is 0 Å². The van der Waals surface area contributed by atoms with Gasteiger partial charge in [0.15, 0.2) is 0 Å². The van der Waals surface area contributed by atoms with Gasteiger partial charge in [-0.3, -0.25) is 4.79 Å². The molecule has 0 fully saturated rings. The van der Waals surface area contributed by atoms with Crippen LogP contribution < -0.4 is 16.0 Å². The lowest BCUT2D eigenvalue weighted by atomic mass is 9.82. The summed E-state index contributed by atoms with van der Waals surface area (Å²) in [6, 6.07) is 8.22. The highest BCUT2D eigenvalue weighted by Crippen LogP contribution is 2.31. The third-order valence-electron chi connectivity index (χ3n) is 4.42. The molecule has 1 aromatic carbocycles. The lowest BCUT2D eigenvalue weighted by Gasteiger charge is -2.24. The van der Waals surface area contributed by atoms with Crippen molar-refractivity contribution in [2.45, 2.75) is 31.6 Å². The van der Waals surface area contributed by atoms with Crippen molar-refractivity contribution < 1.29 is 4.79 Å². The number of anilines is 2. The Morgan fingerprint density at radius 2 is 2.08 bits per heavy atom. The van der Waals surface area contributed by atoms with Crippen LogP contribution in [0.5, 0.6) is 0 Å². The molecule has 1 aliphatic rings. The number of nitrogen functional groups attached to an aromatic ring is 1. The minimum absolute atomic E-state index is 0.0642. The smallest absolute Gasteiger partial charge is 0.229 e. The molecule has 132 valence electrons. The number of amides is 1. The number of nitrogens with one attached hydrogen (secondary N) is 1. The molecule has 7 nitrogen and oxygen atoms in total. The van der Waals surface area contributed by atoms with Gasteiger partial charge in [0, 0.05) is 27.1 Å². The number of nitrogens with two attached hydrogens (primary N) is 1. The zero-order chi connectivity index (χ0) is 17.8. The number of fused-ring (bicyclic) bond motifs is 1. The van der Waals surface area contributed by atoms with Gasteiger partial charge in [-0.25, -0.2) is 0 Å². The molecule has 0 saturated carbocycles. The van der Waals surface area contributed by atoms with Gasteiger partial charge in [-0.1, -0.05) is 24.3 Å². The minimum atomic E-state index is -0.0642. The van der Waals surface area contributed by atoms with E-state index >= 15 is 0 Å². The van der Waals surface area contributed by atoms with Gasteiger partial charge in [-0.05, 0) is 30.4 Å². The van der Waals surface area contributed by atoms with Crippen molar-refractivity contribution in [3.05, 3.63) is 41.2 Å². The van der Waals surface area contributed by atoms with Crippen molar-refractivity contribution in [2.75, 3.05) is 31.3 Å². The van der Waals surface area contributed by atoms with Crippen LogP contribution in [0.4, 0.5) is 11.9 Å². The van der Waals surface area contributed by atoms with E-state index < -0.39 is 0 Å². The first-order valence-corrected chi connectivity index (χ1v) is 8.58. The normalized spacial score (nSPS) is 16.2. The van der Waals surface area contributed by atoms with Crippen LogP contribution in [0, 0.1) is 0 Å². The molecule has 3 N–H and O–H groups in total. The fourth-order valence-electron chi connectivity index (χ4n) is 3.18. The fraction of sp³-hybridized carbons (Fsp3) is 0.444. The number of carbonyl (C=O) groups is 1. The monoisotopic (exact) mass is 340 g/mol. The first kappa shape index (κ1) is 17.1. The second-order valence-electron chi connectivity index (χ2n) is 6.49. The molecule has 1 aromatic heterocycles. The van der Waals surface area contributed by atoms with E-state index in [1.165, 1.54) is 5.56 Å². The number of hydrogen-bond acceptors (Lipinski definition) is 6. The minimum Gasteiger partial charge on any atom is -0.368 e. The summed E-state index contributed by atoms with van der Waals surface area (Å²) in [5.74, 6) is 1.31. The Balaban J connectivity index is 1.61. The van der Waals surface area contributed by atoms with Gasteiger partial charge < -0.3 is 16.0 Å². The molecule has 1 heterocycles. The molecule has 0 spiro atoms. The van der Waals surface area contributed by atoms with Gasteiger partial charge in [0.25, 0.3) is 0 Å². The van der Waals surface area contributed by atoms with Crippen molar-refractivity contribution in [3.8, 4) is 0 Å². The average molecular weight is 340 g/mol. The van der Waals surface area contributed by atoms with Crippen molar-refractivity contribution in [1.82, 2.24) is 20.3 Å². The summed E-state index contributed by atoms with van der Waals surface area (Å²) in [6.07, 6.45) is 3.52. The van der Waals surface area contributed by atoms with Gasteiger partial charge in [-0.2, -0.15) is 15.0 Å². The number of carbonyl (C=O) groups excluding carboxylic acids is 1. The van der Waals surface area contributed by atoms with Crippen molar-refractivity contribution in [2.24, 2.45) is 0 Å². The summed E-state index contributed by atoms with van der Waals surface area (Å²) in [5.41, 5.74) is 8.17. The molecule has 0 bridgehead atoms. The predicted octanol–water partition coefficient (Wildman–Crippen LogP) is 1.30. The van der Waals surface area contributed by atoms with E-state index in [0.29, 0.717) is 24.7 Å². The standard InChI is InChI=1S/C18H24N6O/c1-24(2)18-22-15(21-17(19)23-18)10-11-20-16(25)14-9-5-7-12-6-3-4-8-13(12)14/h3-4,6,8,14H,5,7,9-11H2,1-2H3,(H,20,25)(H2,19,21,22,23)/t14-/m1/s1. The Morgan fingerprint density at radius 3 is 2.88 bits per heavy atom. The molecule has 2 aromatic rings. The largest absolute Gasteiger partial charge is 0.368 e. The highest BCUT2D eigenvalue weighted by Gasteiger charge is 2.25. The van der Waals surface area contributed by atoms with Crippen LogP contribution in [-0.4, -0.2) is 41.5 Å². The zero-order valence-corrected chi connectivity index (χ0v) is 14.7. The molecule has 1 amide bonds. The number of hydrogen-bond donors (Lipinski definition) is 2. The summed E-state index contributed by atoms with van der Waals surface area (Å²) in [5, 5.41) is 3.02. The van der Waals surface area contributed by atoms with E-state index in [1.54, 1.807) is 4.90 Å². The summed E-state index contributed by atoms with van der Waals surface area (Å²) in [6.45, 7) is 0.480.